The Morgan fingerprint density at radius 2 is 1.82 bits per heavy atom. The maximum atomic E-state index is 12.9. The van der Waals surface area contributed by atoms with Crippen LogP contribution in [-0.4, -0.2) is 13.0 Å². The zero-order valence-corrected chi connectivity index (χ0v) is 17.5. The van der Waals surface area contributed by atoms with Crippen molar-refractivity contribution < 1.29 is 27.4 Å². The lowest BCUT2D eigenvalue weighted by molar-refractivity contribution is -0.137. The van der Waals surface area contributed by atoms with Crippen LogP contribution < -0.4 is 14.8 Å². The van der Waals surface area contributed by atoms with E-state index in [2.05, 4.69) is 5.32 Å². The number of nitrogens with one attached hydrogen (secondary N) is 1. The Hall–Kier alpha value is -4.25. The summed E-state index contributed by atoms with van der Waals surface area (Å²) in [5.74, 6) is 0.0432. The number of alkyl halides is 3. The number of rotatable bonds is 7. The van der Waals surface area contributed by atoms with E-state index < -0.39 is 17.6 Å². The lowest BCUT2D eigenvalue weighted by Gasteiger charge is -2.12. The molecule has 3 rings (SSSR count). The Labute approximate surface area is 188 Å². The second-order valence-corrected chi connectivity index (χ2v) is 6.88. The summed E-state index contributed by atoms with van der Waals surface area (Å²) in [4.78, 5) is 12.6. The van der Waals surface area contributed by atoms with Crippen LogP contribution in [0.2, 0.25) is 0 Å². The van der Waals surface area contributed by atoms with Gasteiger partial charge in [-0.2, -0.15) is 18.4 Å². The maximum Gasteiger partial charge on any atom is 0.416 e. The molecule has 33 heavy (non-hydrogen) atoms. The van der Waals surface area contributed by atoms with Crippen molar-refractivity contribution in [2.24, 2.45) is 0 Å². The third kappa shape index (κ3) is 6.37. The number of ether oxygens (including phenoxy) is 2. The van der Waals surface area contributed by atoms with Gasteiger partial charge in [-0.15, -0.1) is 0 Å². The summed E-state index contributed by atoms with van der Waals surface area (Å²) in [6.07, 6.45) is -3.24. The van der Waals surface area contributed by atoms with E-state index in [4.69, 9.17) is 9.47 Å². The van der Waals surface area contributed by atoms with Crippen molar-refractivity contribution in [3.05, 3.63) is 95.1 Å². The molecule has 0 aliphatic carbocycles. The second-order valence-electron chi connectivity index (χ2n) is 6.88. The smallest absolute Gasteiger partial charge is 0.416 e. The van der Waals surface area contributed by atoms with Gasteiger partial charge in [-0.1, -0.05) is 36.4 Å². The third-order valence-electron chi connectivity index (χ3n) is 4.57. The number of carbonyl (C=O) groups is 1. The Morgan fingerprint density at radius 1 is 1.06 bits per heavy atom. The summed E-state index contributed by atoms with van der Waals surface area (Å²) in [6.45, 7) is 0.243. The van der Waals surface area contributed by atoms with E-state index >= 15 is 0 Å². The number of amides is 1. The van der Waals surface area contributed by atoms with Crippen molar-refractivity contribution in [2.45, 2.75) is 12.8 Å². The first-order chi connectivity index (χ1) is 15.8. The fourth-order valence-corrected chi connectivity index (χ4v) is 2.90. The van der Waals surface area contributed by atoms with E-state index in [-0.39, 0.29) is 17.9 Å². The Bertz CT molecular complexity index is 1200. The number of nitrogens with zero attached hydrogens (tertiary/aromatic N) is 1. The number of benzene rings is 3. The topological polar surface area (TPSA) is 71.3 Å². The molecule has 0 atom stereocenters. The average molecular weight is 452 g/mol. The fourth-order valence-electron chi connectivity index (χ4n) is 2.90. The van der Waals surface area contributed by atoms with Gasteiger partial charge in [0.15, 0.2) is 0 Å². The van der Waals surface area contributed by atoms with Crippen LogP contribution in [0.5, 0.6) is 11.5 Å². The zero-order chi connectivity index (χ0) is 23.8. The predicted molar refractivity (Wildman–Crippen MR) is 117 cm³/mol. The van der Waals surface area contributed by atoms with Crippen molar-refractivity contribution in [2.75, 3.05) is 12.4 Å². The molecular formula is C25H19F3N2O3. The first-order valence-electron chi connectivity index (χ1n) is 9.75. The van der Waals surface area contributed by atoms with E-state index in [9.17, 15) is 23.2 Å². The van der Waals surface area contributed by atoms with Crippen LogP contribution in [0.3, 0.4) is 0 Å². The molecule has 168 valence electrons. The molecule has 5 nitrogen and oxygen atoms in total. The van der Waals surface area contributed by atoms with Gasteiger partial charge in [-0.3, -0.25) is 4.79 Å². The van der Waals surface area contributed by atoms with E-state index in [1.165, 1.54) is 25.3 Å². The minimum absolute atomic E-state index is 0.0775. The predicted octanol–water partition coefficient (Wildman–Crippen LogP) is 5.84. The van der Waals surface area contributed by atoms with Crippen LogP contribution in [0.25, 0.3) is 6.08 Å². The molecule has 0 aromatic heterocycles. The molecule has 0 heterocycles. The highest BCUT2D eigenvalue weighted by Crippen LogP contribution is 2.31. The number of halogens is 3. The summed E-state index contributed by atoms with van der Waals surface area (Å²) in [5.41, 5.74) is 0.0588. The SMILES string of the molecule is COc1ccc(/C=C(\C#N)C(=O)Nc2cccc(C(F)(F)F)c2)c(OCc2ccccc2)c1. The number of hydrogen-bond donors (Lipinski definition) is 1. The highest BCUT2D eigenvalue weighted by atomic mass is 19.4. The number of carbonyl (C=O) groups excluding carboxylic acids is 1. The fraction of sp³-hybridized carbons (Fsp3) is 0.120. The van der Waals surface area contributed by atoms with Gasteiger partial charge < -0.3 is 14.8 Å². The highest BCUT2D eigenvalue weighted by molar-refractivity contribution is 6.09. The van der Waals surface area contributed by atoms with Crippen molar-refractivity contribution in [1.82, 2.24) is 0 Å². The Balaban J connectivity index is 1.85. The molecule has 0 saturated heterocycles. The first-order valence-corrected chi connectivity index (χ1v) is 9.75. The molecule has 0 aliphatic heterocycles. The molecule has 3 aromatic carbocycles. The van der Waals surface area contributed by atoms with Gasteiger partial charge in [0.2, 0.25) is 0 Å². The van der Waals surface area contributed by atoms with Crippen molar-refractivity contribution in [3.8, 4) is 17.6 Å². The standard InChI is InChI=1S/C25H19F3N2O3/c1-32-22-11-10-18(23(14-22)33-16-17-6-3-2-4-7-17)12-19(15-29)24(31)30-21-9-5-8-20(13-21)25(26,27)28/h2-14H,16H2,1H3,(H,30,31)/b19-12+. The van der Waals surface area contributed by atoms with E-state index in [1.807, 2.05) is 30.3 Å². The molecule has 0 aliphatic rings. The Morgan fingerprint density at radius 3 is 2.48 bits per heavy atom. The normalized spacial score (nSPS) is 11.4. The quantitative estimate of drug-likeness (QED) is 0.361. The van der Waals surface area contributed by atoms with Crippen molar-refractivity contribution in [1.29, 1.82) is 5.26 Å². The number of nitriles is 1. The van der Waals surface area contributed by atoms with Gasteiger partial charge in [-0.05, 0) is 42.0 Å². The van der Waals surface area contributed by atoms with E-state index in [0.29, 0.717) is 17.1 Å². The molecule has 8 heteroatoms. The molecule has 0 bridgehead atoms. The maximum absolute atomic E-state index is 12.9. The van der Waals surface area contributed by atoms with Crippen LogP contribution >= 0.6 is 0 Å². The number of hydrogen-bond acceptors (Lipinski definition) is 4. The summed E-state index contributed by atoms with van der Waals surface area (Å²) in [6, 6.07) is 20.2. The molecule has 0 spiro atoms. The molecule has 0 radical (unpaired) electrons. The number of methoxy groups -OCH3 is 1. The van der Waals surface area contributed by atoms with Gasteiger partial charge in [0.1, 0.15) is 29.7 Å². The van der Waals surface area contributed by atoms with Gasteiger partial charge in [0.05, 0.1) is 12.7 Å². The lowest BCUT2D eigenvalue weighted by Crippen LogP contribution is -2.14. The van der Waals surface area contributed by atoms with Crippen LogP contribution in [0.15, 0.2) is 78.4 Å². The summed E-state index contributed by atoms with van der Waals surface area (Å²) in [7, 11) is 1.50. The monoisotopic (exact) mass is 452 g/mol. The molecule has 0 fully saturated rings. The first kappa shape index (κ1) is 23.4. The highest BCUT2D eigenvalue weighted by Gasteiger charge is 2.30. The Kier molecular flexibility index (Phi) is 7.36. The molecule has 0 unspecified atom stereocenters. The number of anilines is 1. The lowest BCUT2D eigenvalue weighted by atomic mass is 10.1. The summed E-state index contributed by atoms with van der Waals surface area (Å²) < 4.78 is 49.8. The summed E-state index contributed by atoms with van der Waals surface area (Å²) in [5, 5.41) is 11.8. The van der Waals surface area contributed by atoms with Crippen molar-refractivity contribution in [3.63, 3.8) is 0 Å². The summed E-state index contributed by atoms with van der Waals surface area (Å²) >= 11 is 0. The van der Waals surface area contributed by atoms with Gasteiger partial charge in [0, 0.05) is 17.3 Å². The molecule has 1 N–H and O–H groups in total. The minimum atomic E-state index is -4.55. The average Bonchev–Trinajstić information content (AvgIpc) is 2.81. The van der Waals surface area contributed by atoms with Crippen LogP contribution in [0, 0.1) is 11.3 Å². The van der Waals surface area contributed by atoms with Crippen LogP contribution in [0.1, 0.15) is 16.7 Å². The van der Waals surface area contributed by atoms with E-state index in [0.717, 1.165) is 17.7 Å². The largest absolute Gasteiger partial charge is 0.497 e. The molecule has 1 amide bonds. The minimum Gasteiger partial charge on any atom is -0.497 e. The molecular weight excluding hydrogens is 433 g/mol. The van der Waals surface area contributed by atoms with Crippen LogP contribution in [0.4, 0.5) is 18.9 Å². The van der Waals surface area contributed by atoms with Crippen LogP contribution in [-0.2, 0) is 17.6 Å². The second kappa shape index (κ2) is 10.4. The third-order valence-corrected chi connectivity index (χ3v) is 4.57. The molecule has 3 aromatic rings. The van der Waals surface area contributed by atoms with Crippen molar-refractivity contribution >= 4 is 17.7 Å². The zero-order valence-electron chi connectivity index (χ0n) is 17.5. The van der Waals surface area contributed by atoms with Gasteiger partial charge >= 0.3 is 6.18 Å². The van der Waals surface area contributed by atoms with Gasteiger partial charge in [0.25, 0.3) is 5.91 Å². The van der Waals surface area contributed by atoms with Gasteiger partial charge in [-0.25, -0.2) is 0 Å². The van der Waals surface area contributed by atoms with E-state index in [1.54, 1.807) is 24.3 Å². The molecule has 0 saturated carbocycles.